The van der Waals surface area contributed by atoms with Crippen LogP contribution < -0.4 is 0 Å². The molecule has 19 heavy (non-hydrogen) atoms. The van der Waals surface area contributed by atoms with Crippen molar-refractivity contribution in [1.29, 1.82) is 0 Å². The van der Waals surface area contributed by atoms with Crippen LogP contribution in [-0.2, 0) is 0 Å². The smallest absolute Gasteiger partial charge is 0.254 e. The molecule has 0 aromatic heterocycles. The largest absolute Gasteiger partial charge is 0.336 e. The number of carbonyl (C=O) groups excluding carboxylic acids is 1. The lowest BCUT2D eigenvalue weighted by Crippen LogP contribution is -2.44. The van der Waals surface area contributed by atoms with Gasteiger partial charge in [0.25, 0.3) is 5.91 Å². The second-order valence-electron chi connectivity index (χ2n) is 4.75. The molecule has 1 saturated carbocycles. The van der Waals surface area contributed by atoms with Crippen LogP contribution in [0.5, 0.6) is 0 Å². The highest BCUT2D eigenvalue weighted by molar-refractivity contribution is 9.09. The molecule has 104 valence electrons. The molecule has 0 unspecified atom stereocenters. The Morgan fingerprint density at radius 2 is 2.05 bits per heavy atom. The molecule has 5 heteroatoms. The predicted molar refractivity (Wildman–Crippen MR) is 73.4 cm³/mol. The highest BCUT2D eigenvalue weighted by Gasteiger charge is 2.29. The van der Waals surface area contributed by atoms with E-state index < -0.39 is 11.6 Å². The molecule has 1 aliphatic rings. The van der Waals surface area contributed by atoms with Crippen molar-refractivity contribution in [3.05, 3.63) is 35.4 Å². The number of carbonyl (C=O) groups is 1. The highest BCUT2D eigenvalue weighted by Crippen LogP contribution is 2.26. The molecule has 1 aromatic rings. The van der Waals surface area contributed by atoms with Crippen molar-refractivity contribution in [1.82, 2.24) is 4.90 Å². The first kappa shape index (κ1) is 14.4. The summed E-state index contributed by atoms with van der Waals surface area (Å²) in [4.78, 5) is 14.2. The molecular formula is C14H16BrF2NO. The molecule has 0 radical (unpaired) electrons. The predicted octanol–water partition coefficient (Wildman–Crippen LogP) is 3.74. The average Bonchev–Trinajstić information content (AvgIpc) is 2.34. The van der Waals surface area contributed by atoms with Crippen LogP contribution in [0.4, 0.5) is 8.78 Å². The van der Waals surface area contributed by atoms with Crippen LogP contribution in [0.1, 0.15) is 36.0 Å². The zero-order valence-corrected chi connectivity index (χ0v) is 12.1. The van der Waals surface area contributed by atoms with Crippen molar-refractivity contribution in [2.75, 3.05) is 11.9 Å². The minimum atomic E-state index is -0.972. The van der Waals surface area contributed by atoms with E-state index in [-0.39, 0.29) is 17.5 Å². The lowest BCUT2D eigenvalue weighted by Gasteiger charge is -2.37. The molecule has 0 N–H and O–H groups in total. The number of amides is 1. The number of alkyl halides is 1. The van der Waals surface area contributed by atoms with Crippen molar-refractivity contribution in [3.8, 4) is 0 Å². The van der Waals surface area contributed by atoms with Gasteiger partial charge in [-0.2, -0.15) is 0 Å². The standard InChI is InChI=1S/C14H16BrF2NO/c15-7-2-8-18(11-3-1-4-11)14(19)10-5-6-12(16)13(17)9-10/h5-6,9,11H,1-4,7-8H2. The van der Waals surface area contributed by atoms with Gasteiger partial charge in [-0.1, -0.05) is 15.9 Å². The minimum absolute atomic E-state index is 0.204. The number of rotatable bonds is 5. The summed E-state index contributed by atoms with van der Waals surface area (Å²) in [5.74, 6) is -2.10. The Balaban J connectivity index is 2.15. The Hall–Kier alpha value is -0.970. The second-order valence-corrected chi connectivity index (χ2v) is 5.55. The van der Waals surface area contributed by atoms with Crippen LogP contribution in [0, 0.1) is 11.6 Å². The quantitative estimate of drug-likeness (QED) is 0.752. The third kappa shape index (κ3) is 3.32. The van der Waals surface area contributed by atoms with Gasteiger partial charge in [0, 0.05) is 23.5 Å². The lowest BCUT2D eigenvalue weighted by atomic mass is 9.91. The summed E-state index contributed by atoms with van der Waals surface area (Å²) in [6.07, 6.45) is 3.97. The normalized spacial score (nSPS) is 15.1. The third-order valence-electron chi connectivity index (χ3n) is 3.48. The van der Waals surface area contributed by atoms with Gasteiger partial charge < -0.3 is 4.90 Å². The molecule has 0 saturated heterocycles. The molecule has 1 aromatic carbocycles. The van der Waals surface area contributed by atoms with Gasteiger partial charge in [-0.3, -0.25) is 4.79 Å². The molecular weight excluding hydrogens is 316 g/mol. The second kappa shape index (κ2) is 6.46. The van der Waals surface area contributed by atoms with E-state index in [9.17, 15) is 13.6 Å². The van der Waals surface area contributed by atoms with Crippen LogP contribution >= 0.6 is 15.9 Å². The van der Waals surface area contributed by atoms with E-state index in [0.717, 1.165) is 43.1 Å². The number of nitrogens with zero attached hydrogens (tertiary/aromatic N) is 1. The number of hydrogen-bond donors (Lipinski definition) is 0. The maximum atomic E-state index is 13.2. The molecule has 1 aliphatic carbocycles. The molecule has 0 spiro atoms. The van der Waals surface area contributed by atoms with Gasteiger partial charge in [-0.05, 0) is 43.9 Å². The van der Waals surface area contributed by atoms with Crippen molar-refractivity contribution in [2.24, 2.45) is 0 Å². The molecule has 2 nitrogen and oxygen atoms in total. The Morgan fingerprint density at radius 1 is 1.32 bits per heavy atom. The Labute approximate surface area is 119 Å². The first-order valence-corrected chi connectivity index (χ1v) is 7.57. The van der Waals surface area contributed by atoms with E-state index in [1.54, 1.807) is 4.90 Å². The molecule has 0 bridgehead atoms. The summed E-state index contributed by atoms with van der Waals surface area (Å²) in [5.41, 5.74) is 0.223. The van der Waals surface area contributed by atoms with E-state index in [4.69, 9.17) is 0 Å². The first-order valence-electron chi connectivity index (χ1n) is 6.45. The summed E-state index contributed by atoms with van der Waals surface area (Å²) in [6.45, 7) is 0.647. The summed E-state index contributed by atoms with van der Waals surface area (Å²) in [6, 6.07) is 3.59. The van der Waals surface area contributed by atoms with Crippen LogP contribution in [0.3, 0.4) is 0 Å². The fourth-order valence-electron chi connectivity index (χ4n) is 2.17. The van der Waals surface area contributed by atoms with Crippen LogP contribution in [-0.4, -0.2) is 28.7 Å². The molecule has 0 atom stereocenters. The minimum Gasteiger partial charge on any atom is -0.336 e. The Kier molecular flexibility index (Phi) is 4.91. The van der Waals surface area contributed by atoms with Crippen molar-refractivity contribution in [3.63, 3.8) is 0 Å². The number of hydrogen-bond acceptors (Lipinski definition) is 1. The summed E-state index contributed by atoms with van der Waals surface area (Å²) in [5, 5.41) is 0.821. The van der Waals surface area contributed by atoms with Gasteiger partial charge in [0.1, 0.15) is 0 Å². The Bertz CT molecular complexity index is 463. The van der Waals surface area contributed by atoms with Gasteiger partial charge in [0.05, 0.1) is 0 Å². The van der Waals surface area contributed by atoms with E-state index in [2.05, 4.69) is 15.9 Å². The van der Waals surface area contributed by atoms with Crippen LogP contribution in [0.2, 0.25) is 0 Å². The lowest BCUT2D eigenvalue weighted by molar-refractivity contribution is 0.0580. The van der Waals surface area contributed by atoms with Gasteiger partial charge >= 0.3 is 0 Å². The van der Waals surface area contributed by atoms with Gasteiger partial charge in [-0.25, -0.2) is 8.78 Å². The van der Waals surface area contributed by atoms with Crippen molar-refractivity contribution < 1.29 is 13.6 Å². The monoisotopic (exact) mass is 331 g/mol. The van der Waals surface area contributed by atoms with Crippen LogP contribution in [0.25, 0.3) is 0 Å². The maximum absolute atomic E-state index is 13.2. The van der Waals surface area contributed by atoms with E-state index in [0.29, 0.717) is 6.54 Å². The molecule has 1 fully saturated rings. The SMILES string of the molecule is O=C(c1ccc(F)c(F)c1)N(CCCBr)C1CCC1. The number of benzene rings is 1. The Morgan fingerprint density at radius 3 is 2.58 bits per heavy atom. The van der Waals surface area contributed by atoms with Gasteiger partial charge in [-0.15, -0.1) is 0 Å². The van der Waals surface area contributed by atoms with Gasteiger partial charge in [0.15, 0.2) is 11.6 Å². The topological polar surface area (TPSA) is 20.3 Å². The van der Waals surface area contributed by atoms with Crippen LogP contribution in [0.15, 0.2) is 18.2 Å². The van der Waals surface area contributed by atoms with Crippen molar-refractivity contribution in [2.45, 2.75) is 31.7 Å². The molecule has 1 amide bonds. The van der Waals surface area contributed by atoms with Crippen molar-refractivity contribution >= 4 is 21.8 Å². The van der Waals surface area contributed by atoms with E-state index in [1.807, 2.05) is 0 Å². The zero-order chi connectivity index (χ0) is 13.8. The molecule has 0 aliphatic heterocycles. The van der Waals surface area contributed by atoms with E-state index in [1.165, 1.54) is 6.07 Å². The summed E-state index contributed by atoms with van der Waals surface area (Å²) < 4.78 is 26.1. The van der Waals surface area contributed by atoms with E-state index >= 15 is 0 Å². The zero-order valence-electron chi connectivity index (χ0n) is 10.5. The average molecular weight is 332 g/mol. The summed E-state index contributed by atoms with van der Waals surface area (Å²) in [7, 11) is 0. The first-order chi connectivity index (χ1) is 9.13. The third-order valence-corrected chi connectivity index (χ3v) is 4.04. The summed E-state index contributed by atoms with van der Waals surface area (Å²) >= 11 is 3.35. The maximum Gasteiger partial charge on any atom is 0.254 e. The fourth-order valence-corrected chi connectivity index (χ4v) is 2.42. The highest BCUT2D eigenvalue weighted by atomic mass is 79.9. The van der Waals surface area contributed by atoms with Gasteiger partial charge in [0.2, 0.25) is 0 Å². The fraction of sp³-hybridized carbons (Fsp3) is 0.500. The number of halogens is 3. The molecule has 2 rings (SSSR count). The molecule has 0 heterocycles.